The topological polar surface area (TPSA) is 55.4 Å². The van der Waals surface area contributed by atoms with Crippen molar-refractivity contribution in [2.75, 3.05) is 26.2 Å². The van der Waals surface area contributed by atoms with Gasteiger partial charge in [0.15, 0.2) is 6.10 Å². The average molecular weight is 456 g/mol. The average Bonchev–Trinajstić information content (AvgIpc) is 2.89. The van der Waals surface area contributed by atoms with Crippen molar-refractivity contribution in [3.05, 3.63) is 108 Å². The quantitative estimate of drug-likeness (QED) is 0.403. The Hall–Kier alpha value is -3.44. The first-order valence-corrected chi connectivity index (χ1v) is 12.1. The second kappa shape index (κ2) is 9.82. The third-order valence-electron chi connectivity index (χ3n) is 7.41. The van der Waals surface area contributed by atoms with Crippen LogP contribution in [0, 0.1) is 5.92 Å². The van der Waals surface area contributed by atoms with Crippen molar-refractivity contribution < 1.29 is 18.8 Å². The minimum atomic E-state index is -0.466. The maximum Gasteiger partial charge on any atom is 0.408 e. The van der Waals surface area contributed by atoms with E-state index in [1.807, 2.05) is 91.0 Å². The van der Waals surface area contributed by atoms with E-state index in [0.29, 0.717) is 12.5 Å². The molecule has 174 valence electrons. The van der Waals surface area contributed by atoms with Gasteiger partial charge in [0.2, 0.25) is 5.78 Å². The number of benzene rings is 3. The smallest absolute Gasteiger partial charge is 0.408 e. The van der Waals surface area contributed by atoms with Gasteiger partial charge in [-0.05, 0) is 17.0 Å². The Morgan fingerprint density at radius 2 is 1.35 bits per heavy atom. The van der Waals surface area contributed by atoms with Gasteiger partial charge >= 0.3 is 6.09 Å². The lowest BCUT2D eigenvalue weighted by Crippen LogP contribution is -2.68. The number of ketones is 1. The normalized spacial score (nSPS) is 23.4. The minimum Gasteiger partial charge on any atom is -0.436 e. The number of amides is 1. The van der Waals surface area contributed by atoms with Crippen molar-refractivity contribution in [2.45, 2.75) is 25.0 Å². The molecule has 3 saturated heterocycles. The first-order valence-electron chi connectivity index (χ1n) is 12.1. The second-order valence-corrected chi connectivity index (χ2v) is 9.61. The molecule has 34 heavy (non-hydrogen) atoms. The van der Waals surface area contributed by atoms with E-state index in [-0.39, 0.29) is 11.8 Å². The van der Waals surface area contributed by atoms with Gasteiger partial charge in [0, 0.05) is 18.4 Å². The lowest BCUT2D eigenvalue weighted by atomic mass is 9.81. The van der Waals surface area contributed by atoms with Gasteiger partial charge in [0.1, 0.15) is 6.54 Å². The second-order valence-electron chi connectivity index (χ2n) is 9.61. The van der Waals surface area contributed by atoms with E-state index in [2.05, 4.69) is 5.32 Å². The molecular formula is C29H31N2O3+. The van der Waals surface area contributed by atoms with E-state index < -0.39 is 12.2 Å². The summed E-state index contributed by atoms with van der Waals surface area (Å²) >= 11 is 0. The molecule has 1 N–H and O–H groups in total. The van der Waals surface area contributed by atoms with Crippen molar-refractivity contribution in [1.29, 1.82) is 0 Å². The Kier molecular flexibility index (Phi) is 6.45. The molecule has 3 aromatic rings. The van der Waals surface area contributed by atoms with Crippen LogP contribution < -0.4 is 5.32 Å². The van der Waals surface area contributed by atoms with Gasteiger partial charge in [-0.3, -0.25) is 4.79 Å². The maximum atomic E-state index is 13.1. The Morgan fingerprint density at radius 1 is 0.824 bits per heavy atom. The number of alkyl carbamates (subject to hydrolysis) is 1. The lowest BCUT2D eigenvalue weighted by Gasteiger charge is -2.52. The van der Waals surface area contributed by atoms with E-state index in [0.717, 1.165) is 53.6 Å². The van der Waals surface area contributed by atoms with Crippen molar-refractivity contribution in [3.63, 3.8) is 0 Å². The molecular weight excluding hydrogens is 424 g/mol. The Morgan fingerprint density at radius 3 is 1.91 bits per heavy atom. The van der Waals surface area contributed by atoms with Crippen LogP contribution in [-0.2, 0) is 4.74 Å². The van der Waals surface area contributed by atoms with Gasteiger partial charge in [-0.15, -0.1) is 0 Å². The van der Waals surface area contributed by atoms with Gasteiger partial charge in [0.05, 0.1) is 25.7 Å². The largest absolute Gasteiger partial charge is 0.436 e. The molecule has 0 spiro atoms. The van der Waals surface area contributed by atoms with Gasteiger partial charge in [-0.1, -0.05) is 91.0 Å². The zero-order chi connectivity index (χ0) is 23.4. The number of carbonyl (C=O) groups excluding carboxylic acids is 2. The monoisotopic (exact) mass is 455 g/mol. The Bertz CT molecular complexity index is 1070. The van der Waals surface area contributed by atoms with Crippen LogP contribution in [0.4, 0.5) is 4.79 Å². The molecule has 3 fully saturated rings. The number of nitrogens with one attached hydrogen (secondary N) is 1. The summed E-state index contributed by atoms with van der Waals surface area (Å²) in [6.45, 7) is 3.25. The standard InChI is InChI=1S/C29H30N2O3/c32-27(23-10-4-1-5-11-23)21-31-18-16-22(17-19-31)26(20-31)30-29(33)34-28(24-12-6-2-7-13-24)25-14-8-3-9-15-25/h1-15,22,26,28H,16-21H2/p+1. The molecule has 0 saturated carbocycles. The minimum absolute atomic E-state index is 0.0192. The molecule has 1 unspecified atom stereocenters. The fourth-order valence-electron chi connectivity index (χ4n) is 5.57. The molecule has 5 nitrogen and oxygen atoms in total. The maximum absolute atomic E-state index is 13.1. The van der Waals surface area contributed by atoms with Crippen molar-refractivity contribution >= 4 is 11.9 Å². The Balaban J connectivity index is 1.27. The predicted octanol–water partition coefficient (Wildman–Crippen LogP) is 4.99. The first-order chi connectivity index (χ1) is 16.6. The van der Waals surface area contributed by atoms with Gasteiger partial charge in [-0.2, -0.15) is 0 Å². The number of fused-ring (bicyclic) bond motifs is 3. The first kappa shape index (κ1) is 22.4. The number of carbonyl (C=O) groups is 2. The number of ether oxygens (including phenoxy) is 1. The molecule has 0 radical (unpaired) electrons. The molecule has 1 amide bonds. The zero-order valence-corrected chi connectivity index (χ0v) is 19.3. The highest BCUT2D eigenvalue weighted by Gasteiger charge is 2.47. The summed E-state index contributed by atoms with van der Waals surface area (Å²) in [5, 5.41) is 3.17. The highest BCUT2D eigenvalue weighted by atomic mass is 16.6. The summed E-state index contributed by atoms with van der Waals surface area (Å²) in [4.78, 5) is 26.0. The summed E-state index contributed by atoms with van der Waals surface area (Å²) in [6, 6.07) is 29.2. The highest BCUT2D eigenvalue weighted by Crippen LogP contribution is 2.35. The predicted molar refractivity (Wildman–Crippen MR) is 131 cm³/mol. The van der Waals surface area contributed by atoms with Crippen molar-refractivity contribution in [1.82, 2.24) is 5.32 Å². The van der Waals surface area contributed by atoms with Gasteiger partial charge in [-0.25, -0.2) is 4.79 Å². The number of piperidine rings is 3. The van der Waals surface area contributed by atoms with Crippen LogP contribution in [0.3, 0.4) is 0 Å². The summed E-state index contributed by atoms with van der Waals surface area (Å²) in [6.07, 6.45) is 1.18. The molecule has 2 bridgehead atoms. The number of Topliss-reactive ketones (excluding diaryl/α,β-unsaturated/α-hetero) is 1. The highest BCUT2D eigenvalue weighted by molar-refractivity contribution is 5.96. The lowest BCUT2D eigenvalue weighted by molar-refractivity contribution is -0.936. The van der Waals surface area contributed by atoms with Crippen molar-refractivity contribution in [3.8, 4) is 0 Å². The molecule has 3 aliphatic heterocycles. The summed E-state index contributed by atoms with van der Waals surface area (Å²) in [7, 11) is 0. The third kappa shape index (κ3) is 4.90. The molecule has 3 heterocycles. The van der Waals surface area contributed by atoms with Crippen LogP contribution in [0.25, 0.3) is 0 Å². The van der Waals surface area contributed by atoms with Crippen molar-refractivity contribution in [2.24, 2.45) is 5.92 Å². The fraction of sp³-hybridized carbons (Fsp3) is 0.310. The fourth-order valence-corrected chi connectivity index (χ4v) is 5.57. The molecule has 0 aromatic heterocycles. The number of rotatable bonds is 7. The van der Waals surface area contributed by atoms with E-state index in [1.54, 1.807) is 0 Å². The molecule has 6 rings (SSSR count). The van der Waals surface area contributed by atoms with E-state index >= 15 is 0 Å². The number of hydrogen-bond donors (Lipinski definition) is 1. The number of nitrogens with zero attached hydrogens (tertiary/aromatic N) is 1. The van der Waals surface area contributed by atoms with Gasteiger partial charge < -0.3 is 14.5 Å². The molecule has 1 atom stereocenters. The Labute approximate surface area is 201 Å². The molecule has 3 aliphatic rings. The van der Waals surface area contributed by atoms with Crippen LogP contribution in [0.2, 0.25) is 0 Å². The van der Waals surface area contributed by atoms with E-state index in [1.165, 1.54) is 0 Å². The number of hydrogen-bond acceptors (Lipinski definition) is 3. The zero-order valence-electron chi connectivity index (χ0n) is 19.3. The summed E-state index contributed by atoms with van der Waals surface area (Å²) in [5.41, 5.74) is 2.64. The van der Waals surface area contributed by atoms with E-state index in [9.17, 15) is 9.59 Å². The molecule has 0 aliphatic carbocycles. The summed E-state index contributed by atoms with van der Waals surface area (Å²) < 4.78 is 6.74. The molecule has 3 aromatic carbocycles. The summed E-state index contributed by atoms with van der Waals surface area (Å²) in [5.74, 6) is 0.613. The van der Waals surface area contributed by atoms with Crippen LogP contribution in [0.5, 0.6) is 0 Å². The van der Waals surface area contributed by atoms with E-state index in [4.69, 9.17) is 4.74 Å². The van der Waals surface area contributed by atoms with Gasteiger partial charge in [0.25, 0.3) is 0 Å². The SMILES string of the molecule is O=C(NC1C[N+]2(CC(=O)c3ccccc3)CCC1CC2)OC(c1ccccc1)c1ccccc1. The van der Waals surface area contributed by atoms with Crippen LogP contribution in [-0.4, -0.2) is 48.6 Å². The number of quaternary nitrogens is 1. The third-order valence-corrected chi connectivity index (χ3v) is 7.41. The molecule has 5 heteroatoms. The van der Waals surface area contributed by atoms with Crippen LogP contribution >= 0.6 is 0 Å². The van der Waals surface area contributed by atoms with Crippen LogP contribution in [0.15, 0.2) is 91.0 Å². The van der Waals surface area contributed by atoms with Crippen LogP contribution in [0.1, 0.15) is 40.4 Å².